The third-order valence-electron chi connectivity index (χ3n) is 2.67. The molecule has 1 aromatic heterocycles. The maximum atomic E-state index is 11.8. The van der Waals surface area contributed by atoms with E-state index in [1.165, 1.54) is 0 Å². The van der Waals surface area contributed by atoms with Crippen LogP contribution in [0.5, 0.6) is 0 Å². The Morgan fingerprint density at radius 2 is 2.22 bits per heavy atom. The number of hydrogen-bond donors (Lipinski definition) is 2. The first-order chi connectivity index (χ1) is 8.43. The number of carbonyl (C=O) groups is 1. The highest BCUT2D eigenvalue weighted by Gasteiger charge is 2.12. The summed E-state index contributed by atoms with van der Waals surface area (Å²) in [4.78, 5) is 15.6. The lowest BCUT2D eigenvalue weighted by molar-refractivity contribution is -0.116. The average Bonchev–Trinajstić information content (AvgIpc) is 2.30. The Morgan fingerprint density at radius 1 is 1.56 bits per heavy atom. The van der Waals surface area contributed by atoms with Gasteiger partial charge < -0.3 is 11.1 Å². The summed E-state index contributed by atoms with van der Waals surface area (Å²) in [7, 11) is 0. The Morgan fingerprint density at radius 3 is 2.78 bits per heavy atom. The summed E-state index contributed by atoms with van der Waals surface area (Å²) in [5.74, 6) is 0.236. The van der Waals surface area contributed by atoms with E-state index in [2.05, 4.69) is 10.3 Å². The largest absolute Gasteiger partial charge is 0.330 e. The fraction of sp³-hybridized carbons (Fsp3) is 0.500. The second-order valence-electron chi connectivity index (χ2n) is 4.36. The molecule has 0 radical (unpaired) electrons. The average molecular weight is 290 g/mol. The van der Waals surface area contributed by atoms with Crippen molar-refractivity contribution in [3.8, 4) is 0 Å². The van der Waals surface area contributed by atoms with Crippen molar-refractivity contribution in [2.75, 3.05) is 11.9 Å². The van der Waals surface area contributed by atoms with Crippen LogP contribution in [-0.4, -0.2) is 17.4 Å². The predicted molar refractivity (Wildman–Crippen MR) is 75.1 cm³/mol. The summed E-state index contributed by atoms with van der Waals surface area (Å²) in [5, 5.41) is 3.27. The zero-order valence-corrected chi connectivity index (χ0v) is 12.0. The number of rotatable bonds is 5. The first-order valence-corrected chi connectivity index (χ1v) is 6.52. The van der Waals surface area contributed by atoms with Crippen LogP contribution in [0, 0.1) is 12.8 Å². The highest BCUT2D eigenvalue weighted by atomic mass is 35.5. The molecule has 0 bridgehead atoms. The molecule has 1 unspecified atom stereocenters. The van der Waals surface area contributed by atoms with Crippen molar-refractivity contribution in [3.63, 3.8) is 0 Å². The van der Waals surface area contributed by atoms with Crippen molar-refractivity contribution in [3.05, 3.63) is 21.9 Å². The Hall–Kier alpha value is -0.840. The van der Waals surface area contributed by atoms with Crippen LogP contribution in [0.15, 0.2) is 6.07 Å². The van der Waals surface area contributed by atoms with Gasteiger partial charge in [-0.1, -0.05) is 30.1 Å². The molecule has 1 rings (SSSR count). The lowest BCUT2D eigenvalue weighted by Gasteiger charge is -2.11. The van der Waals surface area contributed by atoms with Gasteiger partial charge in [-0.25, -0.2) is 4.98 Å². The first-order valence-electron chi connectivity index (χ1n) is 5.76. The number of nitrogens with two attached hydrogens (primary N) is 1. The predicted octanol–water partition coefficient (Wildman–Crippen LogP) is 3.01. The summed E-state index contributed by atoms with van der Waals surface area (Å²) in [6.07, 6.45) is 1.16. The summed E-state index contributed by atoms with van der Waals surface area (Å²) < 4.78 is 0. The number of nitrogens with zero attached hydrogens (tertiary/aromatic N) is 1. The smallest absolute Gasteiger partial charge is 0.224 e. The summed E-state index contributed by atoms with van der Waals surface area (Å²) >= 11 is 11.7. The maximum Gasteiger partial charge on any atom is 0.224 e. The molecule has 1 atom stereocenters. The standard InChI is InChI=1S/C12H17Cl2N3O/c1-7(6-15)3-4-10(18)17-11-8(2)5-9(13)16-12(11)14/h5,7H,3-4,6,15H2,1-2H3,(H,17,18). The molecular weight excluding hydrogens is 273 g/mol. The maximum absolute atomic E-state index is 11.8. The molecule has 3 N–H and O–H groups in total. The molecule has 0 saturated carbocycles. The molecule has 100 valence electrons. The molecule has 1 aromatic rings. The number of aromatic nitrogens is 1. The molecule has 0 fully saturated rings. The van der Waals surface area contributed by atoms with E-state index >= 15 is 0 Å². The van der Waals surface area contributed by atoms with Crippen LogP contribution in [0.25, 0.3) is 0 Å². The number of hydrogen-bond acceptors (Lipinski definition) is 3. The van der Waals surface area contributed by atoms with Gasteiger partial charge in [0.2, 0.25) is 5.91 Å². The van der Waals surface area contributed by atoms with Gasteiger partial charge in [0.05, 0.1) is 5.69 Å². The molecule has 6 heteroatoms. The number of anilines is 1. The first kappa shape index (κ1) is 15.2. The minimum atomic E-state index is -0.0931. The van der Waals surface area contributed by atoms with Crippen molar-refractivity contribution in [2.45, 2.75) is 26.7 Å². The molecule has 4 nitrogen and oxygen atoms in total. The SMILES string of the molecule is Cc1cc(Cl)nc(Cl)c1NC(=O)CCC(C)CN. The zero-order valence-electron chi connectivity index (χ0n) is 10.5. The second kappa shape index (κ2) is 6.92. The van der Waals surface area contributed by atoms with Gasteiger partial charge in [0.25, 0.3) is 0 Å². The summed E-state index contributed by atoms with van der Waals surface area (Å²) in [5.41, 5.74) is 6.81. The van der Waals surface area contributed by atoms with Crippen LogP contribution in [0.2, 0.25) is 10.3 Å². The number of carbonyl (C=O) groups excluding carboxylic acids is 1. The van der Waals surface area contributed by atoms with Crippen molar-refractivity contribution < 1.29 is 4.79 Å². The van der Waals surface area contributed by atoms with Gasteiger partial charge >= 0.3 is 0 Å². The van der Waals surface area contributed by atoms with Gasteiger partial charge in [-0.05, 0) is 37.4 Å². The van der Waals surface area contributed by atoms with Crippen LogP contribution in [0.4, 0.5) is 5.69 Å². The van der Waals surface area contributed by atoms with E-state index in [0.717, 1.165) is 12.0 Å². The van der Waals surface area contributed by atoms with Crippen LogP contribution in [-0.2, 0) is 4.79 Å². The van der Waals surface area contributed by atoms with Gasteiger partial charge in [0.1, 0.15) is 5.15 Å². The Kier molecular flexibility index (Phi) is 5.85. The summed E-state index contributed by atoms with van der Waals surface area (Å²) in [6, 6.07) is 1.66. The molecular formula is C12H17Cl2N3O. The topological polar surface area (TPSA) is 68.0 Å². The van der Waals surface area contributed by atoms with E-state index in [9.17, 15) is 4.79 Å². The number of nitrogens with one attached hydrogen (secondary N) is 1. The number of pyridine rings is 1. The number of aryl methyl sites for hydroxylation is 1. The highest BCUT2D eigenvalue weighted by molar-refractivity contribution is 6.34. The molecule has 0 aliphatic rings. The normalized spacial score (nSPS) is 12.3. The molecule has 1 heterocycles. The van der Waals surface area contributed by atoms with Crippen molar-refractivity contribution in [2.24, 2.45) is 11.7 Å². The van der Waals surface area contributed by atoms with Crippen LogP contribution in [0.1, 0.15) is 25.3 Å². The zero-order chi connectivity index (χ0) is 13.7. The van der Waals surface area contributed by atoms with E-state index in [-0.39, 0.29) is 11.1 Å². The van der Waals surface area contributed by atoms with E-state index < -0.39 is 0 Å². The monoisotopic (exact) mass is 289 g/mol. The molecule has 0 aromatic carbocycles. The van der Waals surface area contributed by atoms with Crippen LogP contribution < -0.4 is 11.1 Å². The summed E-state index contributed by atoms with van der Waals surface area (Å²) in [6.45, 7) is 4.41. The van der Waals surface area contributed by atoms with Crippen LogP contribution in [0.3, 0.4) is 0 Å². The lowest BCUT2D eigenvalue weighted by Crippen LogP contribution is -2.17. The van der Waals surface area contributed by atoms with Gasteiger partial charge in [-0.2, -0.15) is 0 Å². The van der Waals surface area contributed by atoms with Crippen molar-refractivity contribution >= 4 is 34.8 Å². The molecule has 1 amide bonds. The van der Waals surface area contributed by atoms with Gasteiger partial charge in [0, 0.05) is 6.42 Å². The minimum absolute atomic E-state index is 0.0931. The van der Waals surface area contributed by atoms with E-state index in [0.29, 0.717) is 29.7 Å². The Bertz CT molecular complexity index is 414. The van der Waals surface area contributed by atoms with E-state index in [4.69, 9.17) is 28.9 Å². The quantitative estimate of drug-likeness (QED) is 0.819. The second-order valence-corrected chi connectivity index (χ2v) is 5.10. The number of amides is 1. The Balaban J connectivity index is 2.65. The van der Waals surface area contributed by atoms with E-state index in [1.807, 2.05) is 13.8 Å². The molecule has 0 spiro atoms. The van der Waals surface area contributed by atoms with Crippen molar-refractivity contribution in [1.82, 2.24) is 4.98 Å². The fourth-order valence-corrected chi connectivity index (χ4v) is 2.02. The molecule has 0 saturated heterocycles. The van der Waals surface area contributed by atoms with Crippen LogP contribution >= 0.6 is 23.2 Å². The molecule has 18 heavy (non-hydrogen) atoms. The molecule has 0 aliphatic carbocycles. The number of halogens is 2. The molecule has 0 aliphatic heterocycles. The van der Waals surface area contributed by atoms with Gasteiger partial charge in [-0.15, -0.1) is 0 Å². The Labute approximate surface area is 117 Å². The third-order valence-corrected chi connectivity index (χ3v) is 3.14. The van der Waals surface area contributed by atoms with Gasteiger partial charge in [0.15, 0.2) is 5.15 Å². The fourth-order valence-electron chi connectivity index (χ4n) is 1.44. The lowest BCUT2D eigenvalue weighted by atomic mass is 10.1. The van der Waals surface area contributed by atoms with Crippen molar-refractivity contribution in [1.29, 1.82) is 0 Å². The highest BCUT2D eigenvalue weighted by Crippen LogP contribution is 2.26. The minimum Gasteiger partial charge on any atom is -0.330 e. The third kappa shape index (κ3) is 4.44. The van der Waals surface area contributed by atoms with Gasteiger partial charge in [-0.3, -0.25) is 4.79 Å². The van der Waals surface area contributed by atoms with E-state index in [1.54, 1.807) is 6.07 Å².